The van der Waals surface area contributed by atoms with Gasteiger partial charge in [-0.15, -0.1) is 22.9 Å². The molecule has 0 spiro atoms. The van der Waals surface area contributed by atoms with E-state index < -0.39 is 11.7 Å². The molecule has 0 aliphatic carbocycles. The zero-order valence-electron chi connectivity index (χ0n) is 10.6. The highest BCUT2D eigenvalue weighted by molar-refractivity contribution is 7.10. The van der Waals surface area contributed by atoms with Crippen molar-refractivity contribution in [3.63, 3.8) is 0 Å². The van der Waals surface area contributed by atoms with Crippen molar-refractivity contribution in [2.45, 2.75) is 18.0 Å². The molecule has 1 aromatic heterocycles. The first kappa shape index (κ1) is 15.2. The third-order valence-electron chi connectivity index (χ3n) is 2.86. The van der Waals surface area contributed by atoms with Gasteiger partial charge in [0.05, 0.1) is 22.9 Å². The Bertz CT molecular complexity index is 563. The van der Waals surface area contributed by atoms with Crippen LogP contribution in [0.1, 0.15) is 21.4 Å². The van der Waals surface area contributed by atoms with Gasteiger partial charge < -0.3 is 4.74 Å². The second-order valence-corrected chi connectivity index (χ2v) is 5.69. The van der Waals surface area contributed by atoms with E-state index in [4.69, 9.17) is 16.3 Å². The van der Waals surface area contributed by atoms with Gasteiger partial charge in [-0.05, 0) is 35.6 Å². The normalized spacial score (nSPS) is 13.2. The Morgan fingerprint density at radius 3 is 2.40 bits per heavy atom. The minimum Gasteiger partial charge on any atom is -0.496 e. The lowest BCUT2D eigenvalue weighted by Crippen LogP contribution is -2.05. The highest BCUT2D eigenvalue weighted by Gasteiger charge is 2.30. The fraction of sp³-hybridized carbons (Fsp3) is 0.286. The molecule has 20 heavy (non-hydrogen) atoms. The summed E-state index contributed by atoms with van der Waals surface area (Å²) < 4.78 is 42.6. The first-order valence-electron chi connectivity index (χ1n) is 5.83. The van der Waals surface area contributed by atoms with Crippen LogP contribution in [0.15, 0.2) is 35.7 Å². The van der Waals surface area contributed by atoms with Gasteiger partial charge in [0.15, 0.2) is 0 Å². The van der Waals surface area contributed by atoms with Crippen LogP contribution in [-0.4, -0.2) is 7.11 Å². The third kappa shape index (κ3) is 3.46. The molecular formula is C14H12ClF3OS. The van der Waals surface area contributed by atoms with E-state index in [1.807, 2.05) is 11.4 Å². The first-order valence-corrected chi connectivity index (χ1v) is 7.15. The second-order valence-electron chi connectivity index (χ2n) is 4.22. The lowest BCUT2D eigenvalue weighted by molar-refractivity contribution is -0.137. The van der Waals surface area contributed by atoms with Gasteiger partial charge in [0, 0.05) is 0 Å². The van der Waals surface area contributed by atoms with Crippen molar-refractivity contribution >= 4 is 22.9 Å². The molecule has 6 heteroatoms. The lowest BCUT2D eigenvalue weighted by Gasteiger charge is -2.11. The van der Waals surface area contributed by atoms with Crippen LogP contribution in [0.25, 0.3) is 0 Å². The van der Waals surface area contributed by atoms with Crippen LogP contribution in [-0.2, 0) is 12.6 Å². The molecule has 0 N–H and O–H groups in total. The predicted octanol–water partition coefficient (Wildman–Crippen LogP) is 5.30. The van der Waals surface area contributed by atoms with Crippen LogP contribution in [0.4, 0.5) is 13.2 Å². The molecule has 0 bridgehead atoms. The van der Waals surface area contributed by atoms with E-state index in [0.29, 0.717) is 12.2 Å². The number of methoxy groups -OCH3 is 1. The smallest absolute Gasteiger partial charge is 0.416 e. The Kier molecular flexibility index (Phi) is 4.60. The maximum Gasteiger partial charge on any atom is 0.416 e. The van der Waals surface area contributed by atoms with Gasteiger partial charge in [-0.25, -0.2) is 0 Å². The Morgan fingerprint density at radius 2 is 1.85 bits per heavy atom. The minimum atomic E-state index is -4.31. The highest BCUT2D eigenvalue weighted by atomic mass is 35.5. The number of thiophene rings is 1. The number of ether oxygens (including phenoxy) is 1. The van der Waals surface area contributed by atoms with Crippen LogP contribution in [0, 0.1) is 0 Å². The predicted molar refractivity (Wildman–Crippen MR) is 74.6 cm³/mol. The molecule has 0 saturated heterocycles. The molecule has 108 valence electrons. The molecule has 2 rings (SSSR count). The van der Waals surface area contributed by atoms with E-state index in [0.717, 1.165) is 22.6 Å². The standard InChI is InChI=1S/C14H12ClF3OS/c1-19-12-6-7-20-13(12)11(15)8-9-2-4-10(5-3-9)14(16,17)18/h2-7,11H,8H2,1H3. The van der Waals surface area contributed by atoms with Crippen LogP contribution in [0.2, 0.25) is 0 Å². The molecule has 0 amide bonds. The largest absolute Gasteiger partial charge is 0.496 e. The van der Waals surface area contributed by atoms with Gasteiger partial charge in [-0.3, -0.25) is 0 Å². The molecule has 0 aliphatic heterocycles. The maximum absolute atomic E-state index is 12.5. The molecule has 1 heterocycles. The Labute approximate surface area is 124 Å². The summed E-state index contributed by atoms with van der Waals surface area (Å²) in [6, 6.07) is 6.88. The summed E-state index contributed by atoms with van der Waals surface area (Å²) in [7, 11) is 1.56. The Morgan fingerprint density at radius 1 is 1.20 bits per heavy atom. The average Bonchev–Trinajstić information content (AvgIpc) is 2.86. The zero-order valence-corrected chi connectivity index (χ0v) is 12.1. The minimum absolute atomic E-state index is 0.318. The molecule has 1 atom stereocenters. The van der Waals surface area contributed by atoms with Crippen LogP contribution >= 0.6 is 22.9 Å². The van der Waals surface area contributed by atoms with Crippen LogP contribution in [0.3, 0.4) is 0 Å². The van der Waals surface area contributed by atoms with Crippen molar-refractivity contribution in [1.82, 2.24) is 0 Å². The first-order chi connectivity index (χ1) is 9.41. The molecule has 0 radical (unpaired) electrons. The molecule has 0 fully saturated rings. The molecule has 0 aliphatic rings. The number of rotatable bonds is 4. The van der Waals surface area contributed by atoms with Crippen molar-refractivity contribution in [1.29, 1.82) is 0 Å². The van der Waals surface area contributed by atoms with E-state index in [1.54, 1.807) is 7.11 Å². The van der Waals surface area contributed by atoms with Gasteiger partial charge in [-0.1, -0.05) is 12.1 Å². The van der Waals surface area contributed by atoms with Gasteiger partial charge in [0.1, 0.15) is 5.75 Å². The number of halogens is 4. The van der Waals surface area contributed by atoms with Gasteiger partial charge in [0.2, 0.25) is 0 Å². The summed E-state index contributed by atoms with van der Waals surface area (Å²) in [5, 5.41) is 1.55. The number of hydrogen-bond acceptors (Lipinski definition) is 2. The lowest BCUT2D eigenvalue weighted by atomic mass is 10.1. The van der Waals surface area contributed by atoms with Crippen molar-refractivity contribution < 1.29 is 17.9 Å². The van der Waals surface area contributed by atoms with E-state index in [2.05, 4.69) is 0 Å². The molecule has 1 unspecified atom stereocenters. The van der Waals surface area contributed by atoms with E-state index in [1.165, 1.54) is 23.5 Å². The quantitative estimate of drug-likeness (QED) is 0.695. The van der Waals surface area contributed by atoms with Crippen molar-refractivity contribution in [3.05, 3.63) is 51.7 Å². The monoisotopic (exact) mass is 320 g/mol. The summed E-state index contributed by atoms with van der Waals surface area (Å²) in [6.07, 6.45) is -3.85. The fourth-order valence-corrected chi connectivity index (χ4v) is 3.11. The van der Waals surface area contributed by atoms with E-state index >= 15 is 0 Å². The average molecular weight is 321 g/mol. The highest BCUT2D eigenvalue weighted by Crippen LogP contribution is 2.37. The second kappa shape index (κ2) is 6.06. The third-order valence-corrected chi connectivity index (χ3v) is 4.37. The van der Waals surface area contributed by atoms with Crippen molar-refractivity contribution in [2.75, 3.05) is 7.11 Å². The van der Waals surface area contributed by atoms with Crippen molar-refractivity contribution in [2.24, 2.45) is 0 Å². The van der Waals surface area contributed by atoms with E-state index in [9.17, 15) is 13.2 Å². The SMILES string of the molecule is COc1ccsc1C(Cl)Cc1ccc(C(F)(F)F)cc1. The van der Waals surface area contributed by atoms with Crippen molar-refractivity contribution in [3.8, 4) is 5.75 Å². The number of benzene rings is 1. The van der Waals surface area contributed by atoms with Crippen LogP contribution in [0.5, 0.6) is 5.75 Å². The Hall–Kier alpha value is -1.20. The summed E-state index contributed by atoms with van der Waals surface area (Å²) in [5.41, 5.74) is 0.106. The fourth-order valence-electron chi connectivity index (χ4n) is 1.84. The topological polar surface area (TPSA) is 9.23 Å². The summed E-state index contributed by atoms with van der Waals surface area (Å²) in [5.74, 6) is 0.710. The molecule has 2 aromatic rings. The molecule has 1 aromatic carbocycles. The summed E-state index contributed by atoms with van der Waals surface area (Å²) in [6.45, 7) is 0. The summed E-state index contributed by atoms with van der Waals surface area (Å²) in [4.78, 5) is 0.883. The van der Waals surface area contributed by atoms with Gasteiger partial charge in [-0.2, -0.15) is 13.2 Å². The molecular weight excluding hydrogens is 309 g/mol. The van der Waals surface area contributed by atoms with Gasteiger partial charge in [0.25, 0.3) is 0 Å². The zero-order chi connectivity index (χ0) is 14.8. The Balaban J connectivity index is 2.10. The van der Waals surface area contributed by atoms with Gasteiger partial charge >= 0.3 is 6.18 Å². The summed E-state index contributed by atoms with van der Waals surface area (Å²) >= 11 is 7.78. The number of alkyl halides is 4. The van der Waals surface area contributed by atoms with E-state index in [-0.39, 0.29) is 5.38 Å². The van der Waals surface area contributed by atoms with Crippen LogP contribution < -0.4 is 4.74 Å². The molecule has 1 nitrogen and oxygen atoms in total. The number of hydrogen-bond donors (Lipinski definition) is 0. The molecule has 0 saturated carbocycles. The maximum atomic E-state index is 12.5.